The molecule has 2 aromatic rings. The van der Waals surface area contributed by atoms with E-state index in [0.717, 1.165) is 6.07 Å². The van der Waals surface area contributed by atoms with Crippen molar-refractivity contribution in [1.82, 2.24) is 0 Å². The molecule has 8 nitrogen and oxygen atoms in total. The fourth-order valence-corrected chi connectivity index (χ4v) is 2.82. The van der Waals surface area contributed by atoms with Crippen LogP contribution in [0.2, 0.25) is 10.0 Å². The number of nitro benzene ring substituents is 1. The number of nitrogens with zero attached hydrogens (tertiary/aromatic N) is 2. The summed E-state index contributed by atoms with van der Waals surface area (Å²) >= 11 is 11.7. The molecule has 0 aromatic heterocycles. The molecule has 0 bridgehead atoms. The molecule has 2 aromatic carbocycles. The summed E-state index contributed by atoms with van der Waals surface area (Å²) < 4.78 is 5.11. The maximum absolute atomic E-state index is 12.3. The van der Waals surface area contributed by atoms with Gasteiger partial charge >= 0.3 is 5.97 Å². The van der Waals surface area contributed by atoms with Crippen molar-refractivity contribution in [2.24, 2.45) is 0 Å². The van der Waals surface area contributed by atoms with Crippen molar-refractivity contribution >= 4 is 52.1 Å². The fraction of sp³-hybridized carbons (Fsp3) is 0.125. The Bertz CT molecular complexity index is 919. The first-order valence-electron chi connectivity index (χ1n) is 7.32. The number of carbonyl (C=O) groups excluding carboxylic acids is 2. The minimum absolute atomic E-state index is 0.00954. The predicted octanol–water partition coefficient (Wildman–Crippen LogP) is 3.27. The van der Waals surface area contributed by atoms with Gasteiger partial charge in [0.15, 0.2) is 5.75 Å². The molecule has 0 saturated heterocycles. The van der Waals surface area contributed by atoms with Gasteiger partial charge in [0, 0.05) is 16.1 Å². The van der Waals surface area contributed by atoms with Crippen LogP contribution in [-0.4, -0.2) is 29.9 Å². The summed E-state index contributed by atoms with van der Waals surface area (Å²) in [4.78, 5) is 36.0. The maximum atomic E-state index is 12.3. The molecule has 0 spiro atoms. The largest absolute Gasteiger partial charge is 0.423 e. The third-order valence-corrected chi connectivity index (χ3v) is 4.04. The van der Waals surface area contributed by atoms with Gasteiger partial charge in [0.25, 0.3) is 5.69 Å². The summed E-state index contributed by atoms with van der Waals surface area (Å²) in [5.41, 5.74) is 0.167. The van der Waals surface area contributed by atoms with Crippen molar-refractivity contribution in [3.63, 3.8) is 0 Å². The van der Waals surface area contributed by atoms with Crippen LogP contribution in [-0.2, 0) is 9.59 Å². The molecule has 0 fully saturated rings. The van der Waals surface area contributed by atoms with Crippen LogP contribution in [0.25, 0.3) is 0 Å². The number of ether oxygens (including phenoxy) is 1. The number of rotatable bonds is 4. The lowest BCUT2D eigenvalue weighted by Gasteiger charge is -2.29. The predicted molar refractivity (Wildman–Crippen MR) is 96.0 cm³/mol. The molecule has 10 heteroatoms. The van der Waals surface area contributed by atoms with E-state index in [4.69, 9.17) is 27.9 Å². The van der Waals surface area contributed by atoms with Crippen LogP contribution in [0.15, 0.2) is 36.4 Å². The van der Waals surface area contributed by atoms with Gasteiger partial charge in [-0.25, -0.2) is 4.79 Å². The lowest BCUT2D eigenvalue weighted by atomic mass is 10.2. The van der Waals surface area contributed by atoms with E-state index in [1.807, 2.05) is 0 Å². The molecule has 1 aliphatic heterocycles. The van der Waals surface area contributed by atoms with Gasteiger partial charge in [0.05, 0.1) is 17.2 Å². The molecule has 0 atom stereocenters. The molecular formula is C16H11Cl2N3O5. The number of halogens is 2. The Hall–Kier alpha value is -2.84. The Kier molecular flexibility index (Phi) is 4.97. The Morgan fingerprint density at radius 2 is 1.92 bits per heavy atom. The van der Waals surface area contributed by atoms with Crippen LogP contribution in [0.5, 0.6) is 5.75 Å². The molecule has 0 unspecified atom stereocenters. The topological polar surface area (TPSA) is 102 Å². The van der Waals surface area contributed by atoms with E-state index in [0.29, 0.717) is 10.7 Å². The first kappa shape index (κ1) is 18.0. The average molecular weight is 396 g/mol. The van der Waals surface area contributed by atoms with Gasteiger partial charge in [-0.15, -0.1) is 0 Å². The quantitative estimate of drug-likeness (QED) is 0.368. The summed E-state index contributed by atoms with van der Waals surface area (Å²) in [5, 5.41) is 14.2. The first-order chi connectivity index (χ1) is 12.3. The van der Waals surface area contributed by atoms with Crippen LogP contribution in [0.3, 0.4) is 0 Å². The molecule has 3 rings (SSSR count). The standard InChI is InChI=1S/C16H11Cl2N3O5/c17-9-1-3-11(12(5-9)21(24)25)19-15(22)7-20-8-16(23)26-14-4-2-10(18)6-13(14)20/h1-6H,7-8H2,(H,19,22). The number of anilines is 2. The zero-order valence-electron chi connectivity index (χ0n) is 13.1. The van der Waals surface area contributed by atoms with E-state index in [9.17, 15) is 19.7 Å². The molecule has 26 heavy (non-hydrogen) atoms. The van der Waals surface area contributed by atoms with Gasteiger partial charge in [0.2, 0.25) is 5.91 Å². The molecule has 1 aliphatic rings. The van der Waals surface area contributed by atoms with E-state index in [1.54, 1.807) is 12.1 Å². The summed E-state index contributed by atoms with van der Waals surface area (Å²) in [6.07, 6.45) is 0. The molecular weight excluding hydrogens is 385 g/mol. The van der Waals surface area contributed by atoms with Gasteiger partial charge in [0.1, 0.15) is 12.2 Å². The van der Waals surface area contributed by atoms with Crippen LogP contribution in [0.1, 0.15) is 0 Å². The normalized spacial score (nSPS) is 13.0. The number of hydrogen-bond donors (Lipinski definition) is 1. The number of nitro groups is 1. The second-order valence-electron chi connectivity index (χ2n) is 5.41. The second kappa shape index (κ2) is 7.19. The highest BCUT2D eigenvalue weighted by Gasteiger charge is 2.26. The summed E-state index contributed by atoms with van der Waals surface area (Å²) in [6.45, 7) is -0.369. The van der Waals surface area contributed by atoms with E-state index in [2.05, 4.69) is 5.32 Å². The zero-order chi connectivity index (χ0) is 18.8. The van der Waals surface area contributed by atoms with Crippen molar-refractivity contribution in [3.05, 3.63) is 56.6 Å². The monoisotopic (exact) mass is 395 g/mol. The molecule has 0 saturated carbocycles. The van der Waals surface area contributed by atoms with Crippen LogP contribution >= 0.6 is 23.2 Å². The van der Waals surface area contributed by atoms with Gasteiger partial charge in [-0.2, -0.15) is 0 Å². The van der Waals surface area contributed by atoms with Crippen molar-refractivity contribution < 1.29 is 19.2 Å². The minimum Gasteiger partial charge on any atom is -0.423 e. The number of hydrogen-bond acceptors (Lipinski definition) is 6. The molecule has 0 radical (unpaired) electrons. The van der Waals surface area contributed by atoms with Crippen LogP contribution in [0, 0.1) is 10.1 Å². The van der Waals surface area contributed by atoms with Crippen LogP contribution < -0.4 is 15.0 Å². The minimum atomic E-state index is -0.644. The van der Waals surface area contributed by atoms with Crippen LogP contribution in [0.4, 0.5) is 17.1 Å². The fourth-order valence-electron chi connectivity index (χ4n) is 2.49. The molecule has 1 N–H and O–H groups in total. The number of fused-ring (bicyclic) bond motifs is 1. The summed E-state index contributed by atoms with van der Waals surface area (Å²) in [7, 11) is 0. The highest BCUT2D eigenvalue weighted by molar-refractivity contribution is 6.31. The summed E-state index contributed by atoms with van der Waals surface area (Å²) in [6, 6.07) is 8.58. The molecule has 1 amide bonds. The maximum Gasteiger partial charge on any atom is 0.331 e. The van der Waals surface area contributed by atoms with Crippen molar-refractivity contribution in [1.29, 1.82) is 0 Å². The molecule has 0 aliphatic carbocycles. The van der Waals surface area contributed by atoms with Gasteiger partial charge in [-0.05, 0) is 30.3 Å². The van der Waals surface area contributed by atoms with Crippen molar-refractivity contribution in [3.8, 4) is 5.75 Å². The Morgan fingerprint density at radius 1 is 1.23 bits per heavy atom. The van der Waals surface area contributed by atoms with Gasteiger partial charge < -0.3 is 15.0 Å². The first-order valence-corrected chi connectivity index (χ1v) is 8.08. The Balaban J connectivity index is 1.80. The lowest BCUT2D eigenvalue weighted by Crippen LogP contribution is -2.41. The van der Waals surface area contributed by atoms with Crippen molar-refractivity contribution in [2.45, 2.75) is 0 Å². The van der Waals surface area contributed by atoms with Crippen molar-refractivity contribution in [2.75, 3.05) is 23.3 Å². The van der Waals surface area contributed by atoms with E-state index < -0.39 is 16.8 Å². The van der Waals surface area contributed by atoms with Gasteiger partial charge in [-0.1, -0.05) is 23.2 Å². The Labute approximate surface area is 157 Å². The SMILES string of the molecule is O=C(CN1CC(=O)Oc2ccc(Cl)cc21)Nc1ccc(Cl)cc1[N+](=O)[O-]. The van der Waals surface area contributed by atoms with E-state index >= 15 is 0 Å². The third kappa shape index (κ3) is 3.87. The molecule has 134 valence electrons. The van der Waals surface area contributed by atoms with E-state index in [1.165, 1.54) is 23.1 Å². The number of benzene rings is 2. The smallest absolute Gasteiger partial charge is 0.331 e. The van der Waals surface area contributed by atoms with Gasteiger partial charge in [-0.3, -0.25) is 14.9 Å². The lowest BCUT2D eigenvalue weighted by molar-refractivity contribution is -0.383. The Morgan fingerprint density at radius 3 is 2.65 bits per heavy atom. The highest BCUT2D eigenvalue weighted by Crippen LogP contribution is 2.34. The molecule has 1 heterocycles. The number of esters is 1. The average Bonchev–Trinajstić information content (AvgIpc) is 2.57. The number of nitrogens with one attached hydrogen (secondary N) is 1. The third-order valence-electron chi connectivity index (χ3n) is 3.57. The summed E-state index contributed by atoms with van der Waals surface area (Å²) in [5.74, 6) is -0.780. The second-order valence-corrected chi connectivity index (χ2v) is 6.28. The number of amides is 1. The van der Waals surface area contributed by atoms with E-state index in [-0.39, 0.29) is 35.2 Å². The number of carbonyl (C=O) groups is 2. The zero-order valence-corrected chi connectivity index (χ0v) is 14.6. The highest BCUT2D eigenvalue weighted by atomic mass is 35.5.